The summed E-state index contributed by atoms with van der Waals surface area (Å²) >= 11 is 0. The zero-order valence-corrected chi connectivity index (χ0v) is 19.3. The van der Waals surface area contributed by atoms with Gasteiger partial charge in [0.1, 0.15) is 18.1 Å². The first-order valence-electron chi connectivity index (χ1n) is 11.3. The Balaban J connectivity index is 1.73. The van der Waals surface area contributed by atoms with E-state index in [-0.39, 0.29) is 6.42 Å². The number of aliphatic carboxylic acids is 1. The first-order chi connectivity index (χ1) is 16.6. The van der Waals surface area contributed by atoms with Crippen molar-refractivity contribution >= 4 is 40.5 Å². The second-order valence-corrected chi connectivity index (χ2v) is 8.67. The van der Waals surface area contributed by atoms with Crippen LogP contribution in [0.15, 0.2) is 30.5 Å². The summed E-state index contributed by atoms with van der Waals surface area (Å²) in [4.78, 5) is 66.1. The molecule has 1 aromatic carbocycles. The summed E-state index contributed by atoms with van der Waals surface area (Å²) in [5, 5.41) is 15.4. The monoisotopic (exact) mass is 486 g/mol. The average molecular weight is 487 g/mol. The number of aromatic amines is 1. The Labute approximate surface area is 201 Å². The van der Waals surface area contributed by atoms with Gasteiger partial charge in [-0.2, -0.15) is 0 Å². The number of rotatable bonds is 10. The number of H-pyrrole nitrogens is 1. The summed E-state index contributed by atoms with van der Waals surface area (Å²) in [6.07, 6.45) is 2.05. The average Bonchev–Trinajstić information content (AvgIpc) is 3.44. The standard InChI is InChI=1S/C23H30N6O6/c1-12(24)22(33)29-8-4-7-18(29)21(32)27-16(10-19(25)30)20(31)28-17(23(34)35)9-13-11-26-15-6-3-2-5-14(13)15/h2-3,5-6,11-12,16-18,26H,4,7-10,24H2,1H3,(H2,25,30)(H,27,32)(H,28,31)(H,34,35). The fourth-order valence-electron chi connectivity index (χ4n) is 4.24. The summed E-state index contributed by atoms with van der Waals surface area (Å²) < 4.78 is 0. The minimum atomic E-state index is -1.40. The van der Waals surface area contributed by atoms with Gasteiger partial charge >= 0.3 is 5.97 Å². The third kappa shape index (κ3) is 6.15. The van der Waals surface area contributed by atoms with Crippen LogP contribution in [0.1, 0.15) is 31.7 Å². The number of carbonyl (C=O) groups is 5. The van der Waals surface area contributed by atoms with Gasteiger partial charge in [0.15, 0.2) is 0 Å². The number of carboxylic acids is 1. The maximum absolute atomic E-state index is 13.0. The third-order valence-corrected chi connectivity index (χ3v) is 5.98. The van der Waals surface area contributed by atoms with Crippen LogP contribution in [0.2, 0.25) is 0 Å². The van der Waals surface area contributed by atoms with Crippen LogP contribution in [-0.2, 0) is 30.4 Å². The second-order valence-electron chi connectivity index (χ2n) is 8.67. The predicted molar refractivity (Wildman–Crippen MR) is 126 cm³/mol. The van der Waals surface area contributed by atoms with Gasteiger partial charge in [0, 0.05) is 30.1 Å². The fraction of sp³-hybridized carbons (Fsp3) is 0.435. The Morgan fingerprint density at radius 3 is 2.54 bits per heavy atom. The van der Waals surface area contributed by atoms with Crippen molar-refractivity contribution in [3.8, 4) is 0 Å². The number of likely N-dealkylation sites (tertiary alicyclic amines) is 1. The fourth-order valence-corrected chi connectivity index (χ4v) is 4.24. The van der Waals surface area contributed by atoms with Gasteiger partial charge in [-0.15, -0.1) is 0 Å². The highest BCUT2D eigenvalue weighted by Gasteiger charge is 2.37. The van der Waals surface area contributed by atoms with Crippen LogP contribution >= 0.6 is 0 Å². The van der Waals surface area contributed by atoms with Crippen LogP contribution in [-0.4, -0.2) is 75.3 Å². The first kappa shape index (κ1) is 25.7. The van der Waals surface area contributed by atoms with Crippen LogP contribution in [0.4, 0.5) is 0 Å². The van der Waals surface area contributed by atoms with E-state index in [0.717, 1.165) is 10.9 Å². The quantitative estimate of drug-likeness (QED) is 0.247. The lowest BCUT2D eigenvalue weighted by Gasteiger charge is -2.27. The largest absolute Gasteiger partial charge is 0.480 e. The van der Waals surface area contributed by atoms with E-state index in [1.54, 1.807) is 6.20 Å². The maximum Gasteiger partial charge on any atom is 0.326 e. The van der Waals surface area contributed by atoms with Gasteiger partial charge in [0.05, 0.1) is 12.5 Å². The second kappa shape index (κ2) is 11.0. The van der Waals surface area contributed by atoms with Crippen molar-refractivity contribution in [1.29, 1.82) is 0 Å². The van der Waals surface area contributed by atoms with Crippen molar-refractivity contribution in [2.75, 3.05) is 6.54 Å². The SMILES string of the molecule is CC(N)C(=O)N1CCCC1C(=O)NC(CC(N)=O)C(=O)NC(Cc1c[nH]c2ccccc12)C(=O)O. The summed E-state index contributed by atoms with van der Waals surface area (Å²) in [6.45, 7) is 1.86. The highest BCUT2D eigenvalue weighted by atomic mass is 16.4. The van der Waals surface area contributed by atoms with Gasteiger partial charge in [0.25, 0.3) is 0 Å². The van der Waals surface area contributed by atoms with E-state index in [1.165, 1.54) is 11.8 Å². The van der Waals surface area contributed by atoms with E-state index in [9.17, 15) is 29.1 Å². The van der Waals surface area contributed by atoms with E-state index < -0.39 is 60.2 Å². The minimum absolute atomic E-state index is 0.0262. The molecule has 0 radical (unpaired) electrons. The molecule has 4 atom stereocenters. The molecular weight excluding hydrogens is 456 g/mol. The van der Waals surface area contributed by atoms with E-state index in [4.69, 9.17) is 11.5 Å². The van der Waals surface area contributed by atoms with Gasteiger partial charge in [-0.1, -0.05) is 18.2 Å². The topological polar surface area (TPSA) is 201 Å². The molecule has 1 saturated heterocycles. The molecule has 4 unspecified atom stereocenters. The van der Waals surface area contributed by atoms with Gasteiger partial charge in [0.2, 0.25) is 23.6 Å². The van der Waals surface area contributed by atoms with Crippen molar-refractivity contribution in [2.24, 2.45) is 11.5 Å². The molecule has 35 heavy (non-hydrogen) atoms. The van der Waals surface area contributed by atoms with Gasteiger partial charge in [-0.3, -0.25) is 19.2 Å². The molecule has 0 bridgehead atoms. The van der Waals surface area contributed by atoms with Gasteiger partial charge in [-0.25, -0.2) is 4.79 Å². The van der Waals surface area contributed by atoms with Crippen LogP contribution in [0, 0.1) is 0 Å². The number of nitrogens with zero attached hydrogens (tertiary/aromatic N) is 1. The Kier molecular flexibility index (Phi) is 8.07. The number of nitrogens with two attached hydrogens (primary N) is 2. The molecule has 12 nitrogen and oxygen atoms in total. The number of carbonyl (C=O) groups excluding carboxylic acids is 4. The summed E-state index contributed by atoms with van der Waals surface area (Å²) in [6, 6.07) is 2.95. The number of para-hydroxylation sites is 1. The predicted octanol–water partition coefficient (Wildman–Crippen LogP) is -1.02. The molecule has 188 valence electrons. The van der Waals surface area contributed by atoms with Crippen molar-refractivity contribution < 1.29 is 29.1 Å². The number of nitrogens with one attached hydrogen (secondary N) is 3. The smallest absolute Gasteiger partial charge is 0.326 e. The van der Waals surface area contributed by atoms with Gasteiger partial charge < -0.3 is 37.1 Å². The molecule has 4 amide bonds. The minimum Gasteiger partial charge on any atom is -0.480 e. The zero-order chi connectivity index (χ0) is 25.7. The molecule has 1 aromatic heterocycles. The van der Waals surface area contributed by atoms with Crippen LogP contribution in [0.25, 0.3) is 10.9 Å². The number of hydrogen-bond acceptors (Lipinski definition) is 6. The van der Waals surface area contributed by atoms with E-state index in [0.29, 0.717) is 24.9 Å². The van der Waals surface area contributed by atoms with Crippen LogP contribution in [0.3, 0.4) is 0 Å². The third-order valence-electron chi connectivity index (χ3n) is 5.98. The highest BCUT2D eigenvalue weighted by molar-refractivity contribution is 5.96. The Hall–Kier alpha value is -3.93. The van der Waals surface area contributed by atoms with Crippen molar-refractivity contribution in [3.63, 3.8) is 0 Å². The molecule has 1 fully saturated rings. The molecule has 12 heteroatoms. The normalized spacial score (nSPS) is 18.0. The Morgan fingerprint density at radius 1 is 1.17 bits per heavy atom. The summed E-state index contributed by atoms with van der Waals surface area (Å²) in [5.74, 6) is -4.04. The Bertz CT molecular complexity index is 1130. The first-order valence-corrected chi connectivity index (χ1v) is 11.3. The number of aromatic nitrogens is 1. The number of fused-ring (bicyclic) bond motifs is 1. The molecule has 8 N–H and O–H groups in total. The van der Waals surface area contributed by atoms with Crippen LogP contribution in [0.5, 0.6) is 0 Å². The number of benzene rings is 1. The zero-order valence-electron chi connectivity index (χ0n) is 19.3. The number of carboxylic acid groups (broad SMARTS) is 1. The summed E-state index contributed by atoms with van der Waals surface area (Å²) in [7, 11) is 0. The van der Waals surface area contributed by atoms with E-state index in [2.05, 4.69) is 15.6 Å². The van der Waals surface area contributed by atoms with Crippen molar-refractivity contribution in [1.82, 2.24) is 20.5 Å². The lowest BCUT2D eigenvalue weighted by molar-refractivity contribution is -0.143. The van der Waals surface area contributed by atoms with Gasteiger partial charge in [-0.05, 0) is 31.4 Å². The molecule has 0 saturated carbocycles. The summed E-state index contributed by atoms with van der Waals surface area (Å²) in [5.41, 5.74) is 12.4. The molecule has 0 spiro atoms. The highest BCUT2D eigenvalue weighted by Crippen LogP contribution is 2.20. The molecular formula is C23H30N6O6. The Morgan fingerprint density at radius 2 is 1.89 bits per heavy atom. The lowest BCUT2D eigenvalue weighted by Crippen LogP contribution is -2.57. The number of amides is 4. The molecule has 3 rings (SSSR count). The molecule has 2 aromatic rings. The number of hydrogen-bond donors (Lipinski definition) is 6. The maximum atomic E-state index is 13.0. The van der Waals surface area contributed by atoms with E-state index in [1.807, 2.05) is 24.3 Å². The molecule has 2 heterocycles. The molecule has 1 aliphatic rings. The number of primary amides is 1. The molecule has 1 aliphatic heterocycles. The molecule has 0 aliphatic carbocycles. The van der Waals surface area contributed by atoms with E-state index >= 15 is 0 Å². The van der Waals surface area contributed by atoms with Crippen LogP contribution < -0.4 is 22.1 Å². The lowest BCUT2D eigenvalue weighted by atomic mass is 10.0. The van der Waals surface area contributed by atoms with Crippen molar-refractivity contribution in [3.05, 3.63) is 36.0 Å². The van der Waals surface area contributed by atoms with Crippen molar-refractivity contribution in [2.45, 2.75) is 56.8 Å².